The van der Waals surface area contributed by atoms with Crippen LogP contribution in [0.25, 0.3) is 0 Å². The van der Waals surface area contributed by atoms with Crippen molar-refractivity contribution in [3.63, 3.8) is 0 Å². The molecule has 31 heavy (non-hydrogen) atoms. The van der Waals surface area contributed by atoms with Crippen LogP contribution in [0.15, 0.2) is 71.6 Å². The van der Waals surface area contributed by atoms with Crippen LogP contribution in [-0.2, 0) is 16.4 Å². The second kappa shape index (κ2) is 9.39. The van der Waals surface area contributed by atoms with E-state index in [-0.39, 0.29) is 4.90 Å². The number of ether oxygens (including phenoxy) is 1. The summed E-state index contributed by atoms with van der Waals surface area (Å²) in [7, 11) is -3.73. The van der Waals surface area contributed by atoms with Crippen LogP contribution in [0.5, 0.6) is 5.75 Å². The zero-order valence-corrected chi connectivity index (χ0v) is 19.1. The summed E-state index contributed by atoms with van der Waals surface area (Å²) in [4.78, 5) is 2.34. The van der Waals surface area contributed by atoms with Crippen molar-refractivity contribution in [3.8, 4) is 5.75 Å². The molecule has 1 aliphatic rings. The third-order valence-corrected chi connectivity index (χ3v) is 7.01. The summed E-state index contributed by atoms with van der Waals surface area (Å²) in [6.45, 7) is 1.94. The average molecular weight is 477 g/mol. The van der Waals surface area contributed by atoms with Gasteiger partial charge in [-0.2, -0.15) is 0 Å². The molecule has 162 valence electrons. The SMILES string of the molecule is O=S(=O)(Nc1cccc2c1N(CCOc1ccc(Cl)cc1)CCC2)c1ccc(Cl)cc1. The van der Waals surface area contributed by atoms with Crippen molar-refractivity contribution in [3.05, 3.63) is 82.3 Å². The van der Waals surface area contributed by atoms with Gasteiger partial charge in [0.05, 0.1) is 22.8 Å². The molecule has 4 rings (SSSR count). The molecule has 0 radical (unpaired) electrons. The number of para-hydroxylation sites is 1. The van der Waals surface area contributed by atoms with Crippen molar-refractivity contribution in [1.29, 1.82) is 0 Å². The number of hydrogen-bond donors (Lipinski definition) is 1. The van der Waals surface area contributed by atoms with Crippen molar-refractivity contribution < 1.29 is 13.2 Å². The lowest BCUT2D eigenvalue weighted by atomic mass is 10.0. The van der Waals surface area contributed by atoms with Crippen LogP contribution in [0.1, 0.15) is 12.0 Å². The van der Waals surface area contributed by atoms with E-state index in [1.54, 1.807) is 30.3 Å². The van der Waals surface area contributed by atoms with E-state index >= 15 is 0 Å². The van der Waals surface area contributed by atoms with E-state index in [0.29, 0.717) is 28.9 Å². The summed E-state index contributed by atoms with van der Waals surface area (Å²) >= 11 is 11.8. The average Bonchev–Trinajstić information content (AvgIpc) is 2.75. The highest BCUT2D eigenvalue weighted by Crippen LogP contribution is 2.35. The number of rotatable bonds is 7. The van der Waals surface area contributed by atoms with Gasteiger partial charge in [-0.05, 0) is 73.0 Å². The number of hydrogen-bond acceptors (Lipinski definition) is 4. The van der Waals surface area contributed by atoms with Gasteiger partial charge >= 0.3 is 0 Å². The van der Waals surface area contributed by atoms with Crippen LogP contribution in [0.3, 0.4) is 0 Å². The fraction of sp³-hybridized carbons (Fsp3) is 0.217. The van der Waals surface area contributed by atoms with Gasteiger partial charge in [-0.1, -0.05) is 35.3 Å². The van der Waals surface area contributed by atoms with E-state index in [1.807, 2.05) is 24.3 Å². The molecular formula is C23H22Cl2N2O3S. The van der Waals surface area contributed by atoms with Gasteiger partial charge in [0, 0.05) is 16.6 Å². The lowest BCUT2D eigenvalue weighted by Crippen LogP contribution is -2.34. The first-order chi connectivity index (χ1) is 14.9. The summed E-state index contributed by atoms with van der Waals surface area (Å²) in [5.41, 5.74) is 2.60. The molecule has 0 saturated carbocycles. The molecule has 3 aromatic rings. The first-order valence-electron chi connectivity index (χ1n) is 9.96. The number of benzene rings is 3. The van der Waals surface area contributed by atoms with Gasteiger partial charge < -0.3 is 9.64 Å². The van der Waals surface area contributed by atoms with E-state index in [2.05, 4.69) is 9.62 Å². The second-order valence-corrected chi connectivity index (χ2v) is 9.82. The van der Waals surface area contributed by atoms with Gasteiger partial charge in [0.15, 0.2) is 0 Å². The Morgan fingerprint density at radius 2 is 1.61 bits per heavy atom. The van der Waals surface area contributed by atoms with Crippen LogP contribution in [0.2, 0.25) is 10.0 Å². The van der Waals surface area contributed by atoms with Crippen LogP contribution < -0.4 is 14.4 Å². The standard InChI is InChI=1S/C23H22Cl2N2O3S/c24-18-6-10-20(11-7-18)30-16-15-27-14-2-4-17-3-1-5-22(23(17)27)26-31(28,29)21-12-8-19(25)9-13-21/h1,3,5-13,26H,2,4,14-16H2. The molecule has 8 heteroatoms. The van der Waals surface area contributed by atoms with Crippen LogP contribution >= 0.6 is 23.2 Å². The summed E-state index contributed by atoms with van der Waals surface area (Å²) in [5.74, 6) is 0.748. The highest BCUT2D eigenvalue weighted by atomic mass is 35.5. The van der Waals surface area contributed by atoms with Crippen molar-refractivity contribution >= 4 is 44.6 Å². The molecule has 1 N–H and O–H groups in total. The topological polar surface area (TPSA) is 58.6 Å². The number of fused-ring (bicyclic) bond motifs is 1. The largest absolute Gasteiger partial charge is 0.492 e. The van der Waals surface area contributed by atoms with Crippen LogP contribution in [-0.4, -0.2) is 28.1 Å². The van der Waals surface area contributed by atoms with E-state index in [1.165, 1.54) is 12.1 Å². The fourth-order valence-corrected chi connectivity index (χ4v) is 4.99. The third-order valence-electron chi connectivity index (χ3n) is 5.12. The molecule has 0 aromatic heterocycles. The van der Waals surface area contributed by atoms with Crippen molar-refractivity contribution in [1.82, 2.24) is 0 Å². The molecule has 3 aromatic carbocycles. The molecule has 0 bridgehead atoms. The Morgan fingerprint density at radius 3 is 2.32 bits per heavy atom. The molecule has 0 fully saturated rings. The van der Waals surface area contributed by atoms with Gasteiger partial charge in [0.1, 0.15) is 12.4 Å². The molecule has 0 spiro atoms. The monoisotopic (exact) mass is 476 g/mol. The maximum Gasteiger partial charge on any atom is 0.261 e. The Kier molecular flexibility index (Phi) is 6.60. The van der Waals surface area contributed by atoms with Crippen molar-refractivity contribution in [2.24, 2.45) is 0 Å². The number of sulfonamides is 1. The molecule has 1 heterocycles. The Balaban J connectivity index is 1.53. The summed E-state index contributed by atoms with van der Waals surface area (Å²) < 4.78 is 34.5. The van der Waals surface area contributed by atoms with E-state index in [4.69, 9.17) is 27.9 Å². The van der Waals surface area contributed by atoms with Gasteiger partial charge in [0.2, 0.25) is 0 Å². The molecule has 0 saturated heterocycles. The Morgan fingerprint density at radius 1 is 0.935 bits per heavy atom. The number of aryl methyl sites for hydroxylation is 1. The Bertz CT molecular complexity index is 1150. The van der Waals surface area contributed by atoms with Crippen molar-refractivity contribution in [2.75, 3.05) is 29.3 Å². The molecule has 0 atom stereocenters. The number of anilines is 2. The number of halogens is 2. The minimum Gasteiger partial charge on any atom is -0.492 e. The zero-order valence-electron chi connectivity index (χ0n) is 16.7. The molecule has 1 aliphatic heterocycles. The lowest BCUT2D eigenvalue weighted by Gasteiger charge is -2.33. The quantitative estimate of drug-likeness (QED) is 0.480. The molecule has 5 nitrogen and oxygen atoms in total. The second-order valence-electron chi connectivity index (χ2n) is 7.27. The Hall–Kier alpha value is -2.41. The van der Waals surface area contributed by atoms with E-state index in [0.717, 1.165) is 36.4 Å². The minimum atomic E-state index is -3.73. The summed E-state index contributed by atoms with van der Waals surface area (Å²) in [6, 6.07) is 19.1. The highest BCUT2D eigenvalue weighted by Gasteiger charge is 2.23. The number of nitrogens with one attached hydrogen (secondary N) is 1. The van der Waals surface area contributed by atoms with E-state index < -0.39 is 10.0 Å². The predicted octanol–water partition coefficient (Wildman–Crippen LogP) is 5.63. The lowest BCUT2D eigenvalue weighted by molar-refractivity contribution is 0.322. The minimum absolute atomic E-state index is 0.169. The molecule has 0 unspecified atom stereocenters. The summed E-state index contributed by atoms with van der Waals surface area (Å²) in [6.07, 6.45) is 1.90. The molecule has 0 amide bonds. The zero-order chi connectivity index (χ0) is 21.8. The first kappa shape index (κ1) is 21.8. The predicted molar refractivity (Wildman–Crippen MR) is 126 cm³/mol. The third kappa shape index (κ3) is 5.26. The van der Waals surface area contributed by atoms with Gasteiger partial charge in [-0.15, -0.1) is 0 Å². The van der Waals surface area contributed by atoms with Crippen LogP contribution in [0.4, 0.5) is 11.4 Å². The summed E-state index contributed by atoms with van der Waals surface area (Å²) in [5, 5.41) is 1.15. The number of nitrogens with zero attached hydrogens (tertiary/aromatic N) is 1. The van der Waals surface area contributed by atoms with Crippen LogP contribution in [0, 0.1) is 0 Å². The molecule has 0 aliphatic carbocycles. The Labute approximate surface area is 192 Å². The molecular weight excluding hydrogens is 455 g/mol. The van der Waals surface area contributed by atoms with Crippen molar-refractivity contribution in [2.45, 2.75) is 17.7 Å². The maximum absolute atomic E-state index is 12.9. The maximum atomic E-state index is 12.9. The normalized spacial score (nSPS) is 13.5. The fourth-order valence-electron chi connectivity index (χ4n) is 3.67. The highest BCUT2D eigenvalue weighted by molar-refractivity contribution is 7.92. The smallest absolute Gasteiger partial charge is 0.261 e. The van der Waals surface area contributed by atoms with E-state index in [9.17, 15) is 8.42 Å². The van der Waals surface area contributed by atoms with Gasteiger partial charge in [-0.25, -0.2) is 8.42 Å². The van der Waals surface area contributed by atoms with Gasteiger partial charge in [0.25, 0.3) is 10.0 Å². The first-order valence-corrected chi connectivity index (χ1v) is 12.2. The van der Waals surface area contributed by atoms with Gasteiger partial charge in [-0.3, -0.25) is 4.72 Å².